The van der Waals surface area contributed by atoms with E-state index in [0.29, 0.717) is 11.9 Å². The van der Waals surface area contributed by atoms with Crippen LogP contribution in [0, 0.1) is 0 Å². The number of hydrogen-bond acceptors (Lipinski definition) is 2. The summed E-state index contributed by atoms with van der Waals surface area (Å²) in [7, 11) is 0. The predicted molar refractivity (Wildman–Crippen MR) is 28.6 cm³/mol. The topological polar surface area (TPSA) is 38.9 Å². The number of aromatic nitrogens is 1. The molecule has 36 valence electrons. The minimum Gasteiger partial charge on any atom is -0.384 e. The Morgan fingerprint density at radius 1 is 1.86 bits per heavy atom. The van der Waals surface area contributed by atoms with Crippen molar-refractivity contribution < 1.29 is 1.37 Å². The van der Waals surface area contributed by atoms with Gasteiger partial charge in [0.25, 0.3) is 0 Å². The Morgan fingerprint density at radius 2 is 2.71 bits per heavy atom. The number of anilines is 1. The van der Waals surface area contributed by atoms with Crippen LogP contribution in [0.3, 0.4) is 0 Å². The Bertz CT molecular complexity index is 170. The van der Waals surface area contributed by atoms with Crippen molar-refractivity contribution >= 4 is 5.82 Å². The molecule has 0 bridgehead atoms. The molecule has 0 spiro atoms. The average Bonchev–Trinajstić information content (AvgIpc) is 1.64. The molecule has 1 heterocycles. The number of rotatable bonds is 0. The third-order valence-electron chi connectivity index (χ3n) is 0.626. The van der Waals surface area contributed by atoms with Crippen molar-refractivity contribution in [3.8, 4) is 0 Å². The number of pyridine rings is 1. The number of nitrogens with zero attached hydrogens (tertiary/aromatic N) is 1. The standard InChI is InChI=1S/C5H6N2/c6-5-3-1-2-4-7-5/h1-4H,(H2,6,7)/i1D. The van der Waals surface area contributed by atoms with Gasteiger partial charge in [0, 0.05) is 6.20 Å². The molecule has 0 fully saturated rings. The van der Waals surface area contributed by atoms with E-state index in [0.717, 1.165) is 0 Å². The highest BCUT2D eigenvalue weighted by molar-refractivity contribution is 5.25. The van der Waals surface area contributed by atoms with Crippen molar-refractivity contribution in [2.45, 2.75) is 0 Å². The van der Waals surface area contributed by atoms with E-state index in [1.54, 1.807) is 6.07 Å². The first kappa shape index (κ1) is 3.02. The third kappa shape index (κ3) is 0.892. The number of nitrogens with two attached hydrogens (primary N) is 1. The van der Waals surface area contributed by atoms with E-state index in [-0.39, 0.29) is 0 Å². The van der Waals surface area contributed by atoms with Crippen LogP contribution in [-0.2, 0) is 0 Å². The zero-order valence-electron chi connectivity index (χ0n) is 4.76. The van der Waals surface area contributed by atoms with Crippen LogP contribution in [0.25, 0.3) is 0 Å². The summed E-state index contributed by atoms with van der Waals surface area (Å²) in [5.41, 5.74) is 5.23. The second-order valence-corrected chi connectivity index (χ2v) is 1.18. The maximum Gasteiger partial charge on any atom is 0.123 e. The summed E-state index contributed by atoms with van der Waals surface area (Å²) < 4.78 is 7.02. The zero-order valence-corrected chi connectivity index (χ0v) is 3.76. The van der Waals surface area contributed by atoms with Gasteiger partial charge in [-0.05, 0) is 12.1 Å². The van der Waals surface area contributed by atoms with Crippen molar-refractivity contribution in [3.05, 3.63) is 24.4 Å². The molecule has 0 atom stereocenters. The first-order valence-electron chi connectivity index (χ1n) is 2.47. The van der Waals surface area contributed by atoms with Crippen molar-refractivity contribution in [1.82, 2.24) is 4.98 Å². The highest BCUT2D eigenvalue weighted by atomic mass is 14.8. The Kier molecular flexibility index (Phi) is 0.689. The van der Waals surface area contributed by atoms with Gasteiger partial charge < -0.3 is 5.73 Å². The highest BCUT2D eigenvalue weighted by Crippen LogP contribution is 1.89. The lowest BCUT2D eigenvalue weighted by Crippen LogP contribution is -1.85. The molecule has 0 amide bonds. The van der Waals surface area contributed by atoms with Gasteiger partial charge in [-0.3, -0.25) is 0 Å². The minimum atomic E-state index is 0.400. The lowest BCUT2D eigenvalue weighted by molar-refractivity contribution is 1.34. The number of hydrogen-bond donors (Lipinski definition) is 1. The lowest BCUT2D eigenvalue weighted by atomic mass is 10.5. The Labute approximate surface area is 43.4 Å². The molecule has 0 radical (unpaired) electrons. The summed E-state index contributed by atoms with van der Waals surface area (Å²) >= 11 is 0. The lowest BCUT2D eigenvalue weighted by Gasteiger charge is -1.82. The van der Waals surface area contributed by atoms with Crippen LogP contribution in [0.5, 0.6) is 0 Å². The Balaban J connectivity index is 3.08. The van der Waals surface area contributed by atoms with E-state index in [2.05, 4.69) is 4.98 Å². The van der Waals surface area contributed by atoms with Crippen molar-refractivity contribution in [2.75, 3.05) is 5.73 Å². The molecule has 1 aromatic rings. The van der Waals surface area contributed by atoms with E-state index < -0.39 is 0 Å². The molecule has 0 aromatic carbocycles. The Hall–Kier alpha value is -1.05. The highest BCUT2D eigenvalue weighted by Gasteiger charge is 1.73. The van der Waals surface area contributed by atoms with E-state index in [1.165, 1.54) is 12.3 Å². The molecule has 0 aliphatic carbocycles. The second-order valence-electron chi connectivity index (χ2n) is 1.18. The summed E-state index contributed by atoms with van der Waals surface area (Å²) in [5.74, 6) is 0.400. The van der Waals surface area contributed by atoms with E-state index in [1.807, 2.05) is 0 Å². The van der Waals surface area contributed by atoms with Gasteiger partial charge in [0.2, 0.25) is 0 Å². The van der Waals surface area contributed by atoms with Crippen LogP contribution in [-0.4, -0.2) is 4.98 Å². The summed E-state index contributed by atoms with van der Waals surface area (Å²) in [4.78, 5) is 3.70. The fourth-order valence-corrected chi connectivity index (χ4v) is 0.337. The maximum absolute atomic E-state index is 7.02. The second kappa shape index (κ2) is 1.60. The van der Waals surface area contributed by atoms with Crippen LogP contribution in [0.15, 0.2) is 24.4 Å². The van der Waals surface area contributed by atoms with Crippen LogP contribution in [0.1, 0.15) is 1.37 Å². The molecule has 0 unspecified atom stereocenters. The van der Waals surface area contributed by atoms with Gasteiger partial charge in [-0.1, -0.05) is 6.04 Å². The molecule has 2 heteroatoms. The third-order valence-corrected chi connectivity index (χ3v) is 0.626. The van der Waals surface area contributed by atoms with E-state index in [9.17, 15) is 0 Å². The van der Waals surface area contributed by atoms with Gasteiger partial charge in [-0.15, -0.1) is 0 Å². The summed E-state index contributed by atoms with van der Waals surface area (Å²) in [5, 5.41) is 0. The monoisotopic (exact) mass is 95.1 g/mol. The summed E-state index contributed by atoms with van der Waals surface area (Å²) in [6.45, 7) is 0. The SMILES string of the molecule is [2H]c1ccnc(N)c1. The van der Waals surface area contributed by atoms with Gasteiger partial charge in [0.15, 0.2) is 0 Å². The first-order valence-corrected chi connectivity index (χ1v) is 1.97. The van der Waals surface area contributed by atoms with Crippen LogP contribution >= 0.6 is 0 Å². The number of nitrogen functional groups attached to an aromatic ring is 1. The van der Waals surface area contributed by atoms with Gasteiger partial charge >= 0.3 is 0 Å². The van der Waals surface area contributed by atoms with E-state index in [4.69, 9.17) is 7.10 Å². The molecule has 2 N–H and O–H groups in total. The van der Waals surface area contributed by atoms with Gasteiger partial charge in [-0.25, -0.2) is 4.98 Å². The molecule has 0 aliphatic rings. The molecule has 0 aliphatic heterocycles. The molecule has 0 saturated carbocycles. The van der Waals surface area contributed by atoms with Crippen LogP contribution < -0.4 is 5.73 Å². The van der Waals surface area contributed by atoms with Crippen molar-refractivity contribution in [3.63, 3.8) is 0 Å². The summed E-state index contributed by atoms with van der Waals surface area (Å²) in [6, 6.07) is 3.48. The van der Waals surface area contributed by atoms with Gasteiger partial charge in [-0.2, -0.15) is 0 Å². The fraction of sp³-hybridized carbons (Fsp3) is 0. The Morgan fingerprint density at radius 3 is 3.14 bits per heavy atom. The van der Waals surface area contributed by atoms with Crippen molar-refractivity contribution in [1.29, 1.82) is 0 Å². The van der Waals surface area contributed by atoms with Gasteiger partial charge in [0.1, 0.15) is 5.82 Å². The summed E-state index contributed by atoms with van der Waals surface area (Å²) in [6.07, 6.45) is 1.51. The fourth-order valence-electron chi connectivity index (χ4n) is 0.337. The molecule has 1 aromatic heterocycles. The molecule has 1 rings (SSSR count). The minimum absolute atomic E-state index is 0.400. The van der Waals surface area contributed by atoms with Gasteiger partial charge in [0.05, 0.1) is 1.37 Å². The molecular formula is C5H6N2. The van der Waals surface area contributed by atoms with Crippen LogP contribution in [0.2, 0.25) is 0 Å². The zero-order chi connectivity index (χ0) is 5.98. The average molecular weight is 95.1 g/mol. The smallest absolute Gasteiger partial charge is 0.123 e. The normalized spacial score (nSPS) is 10.6. The molecular weight excluding hydrogens is 88.1 g/mol. The maximum atomic E-state index is 7.02. The molecule has 7 heavy (non-hydrogen) atoms. The van der Waals surface area contributed by atoms with Crippen molar-refractivity contribution in [2.24, 2.45) is 0 Å². The first-order chi connectivity index (χ1) is 3.79. The van der Waals surface area contributed by atoms with Crippen LogP contribution in [0.4, 0.5) is 5.82 Å². The largest absolute Gasteiger partial charge is 0.384 e. The predicted octanol–water partition coefficient (Wildman–Crippen LogP) is 0.664. The quantitative estimate of drug-likeness (QED) is 0.514. The van der Waals surface area contributed by atoms with E-state index >= 15 is 0 Å². The molecule has 0 saturated heterocycles. The molecule has 2 nitrogen and oxygen atoms in total.